The summed E-state index contributed by atoms with van der Waals surface area (Å²) < 4.78 is 10.5. The molecule has 112 valence electrons. The fourth-order valence-corrected chi connectivity index (χ4v) is 1.66. The first-order chi connectivity index (χ1) is 10.3. The number of ether oxygens (including phenoxy) is 2. The molecule has 0 unspecified atom stereocenters. The summed E-state index contributed by atoms with van der Waals surface area (Å²) in [6, 6.07) is 3.89. The van der Waals surface area contributed by atoms with Gasteiger partial charge in [-0.05, 0) is 19.4 Å². The molecule has 7 nitrogen and oxygen atoms in total. The minimum atomic E-state index is 0.303. The molecule has 0 saturated heterocycles. The van der Waals surface area contributed by atoms with Crippen molar-refractivity contribution in [3.05, 3.63) is 18.3 Å². The Labute approximate surface area is 123 Å². The Hall–Kier alpha value is -2.44. The van der Waals surface area contributed by atoms with Gasteiger partial charge in [0.05, 0.1) is 13.7 Å². The fourth-order valence-electron chi connectivity index (χ4n) is 1.66. The third-order valence-electron chi connectivity index (χ3n) is 2.62. The first-order valence-electron chi connectivity index (χ1n) is 6.90. The lowest BCUT2D eigenvalue weighted by Gasteiger charge is -2.09. The minimum Gasteiger partial charge on any atom is -0.481 e. The summed E-state index contributed by atoms with van der Waals surface area (Å²) in [5, 5.41) is 3.14. The Bertz CT molecular complexity index is 591. The molecule has 0 aliphatic heterocycles. The molecule has 0 bridgehead atoms. The van der Waals surface area contributed by atoms with Gasteiger partial charge in [-0.3, -0.25) is 0 Å². The number of nitrogens with one attached hydrogen (secondary N) is 1. The molecular formula is C14H19N5O2. The molecule has 0 radical (unpaired) electrons. The van der Waals surface area contributed by atoms with Gasteiger partial charge >= 0.3 is 6.01 Å². The van der Waals surface area contributed by atoms with E-state index in [0.29, 0.717) is 30.3 Å². The van der Waals surface area contributed by atoms with Gasteiger partial charge in [-0.2, -0.15) is 15.0 Å². The van der Waals surface area contributed by atoms with Crippen molar-refractivity contribution in [1.82, 2.24) is 19.9 Å². The zero-order chi connectivity index (χ0) is 15.1. The molecule has 2 heterocycles. The van der Waals surface area contributed by atoms with E-state index in [0.717, 1.165) is 18.5 Å². The van der Waals surface area contributed by atoms with E-state index in [4.69, 9.17) is 9.47 Å². The topological polar surface area (TPSA) is 82.1 Å². The van der Waals surface area contributed by atoms with Crippen LogP contribution >= 0.6 is 0 Å². The van der Waals surface area contributed by atoms with Crippen LogP contribution in [0.15, 0.2) is 18.3 Å². The molecule has 1 N–H and O–H groups in total. The summed E-state index contributed by atoms with van der Waals surface area (Å²) >= 11 is 0. The summed E-state index contributed by atoms with van der Waals surface area (Å²) in [6.07, 6.45) is 2.63. The maximum Gasteiger partial charge on any atom is 0.321 e. The standard InChI is InChI=1S/C14H19N5O2/c1-4-7-16-13-17-12(18-14(19-13)21-5-2)10-6-8-15-11(9-10)20-3/h6,8-9H,4-5,7H2,1-3H3,(H,16,17,18,19). The van der Waals surface area contributed by atoms with Crippen LogP contribution in [0.2, 0.25) is 0 Å². The molecule has 2 aromatic rings. The Morgan fingerprint density at radius 1 is 1.19 bits per heavy atom. The van der Waals surface area contributed by atoms with Gasteiger partial charge in [-0.25, -0.2) is 4.98 Å². The maximum absolute atomic E-state index is 5.40. The van der Waals surface area contributed by atoms with E-state index in [1.165, 1.54) is 0 Å². The molecule has 0 spiro atoms. The molecule has 0 atom stereocenters. The number of hydrogen-bond donors (Lipinski definition) is 1. The second-order valence-electron chi connectivity index (χ2n) is 4.21. The van der Waals surface area contributed by atoms with Crippen LogP contribution in [0.3, 0.4) is 0 Å². The zero-order valence-corrected chi connectivity index (χ0v) is 12.5. The van der Waals surface area contributed by atoms with E-state index in [2.05, 4.69) is 32.2 Å². The lowest BCUT2D eigenvalue weighted by molar-refractivity contribution is 0.312. The van der Waals surface area contributed by atoms with E-state index in [1.807, 2.05) is 13.0 Å². The van der Waals surface area contributed by atoms with Gasteiger partial charge in [-0.1, -0.05) is 6.92 Å². The van der Waals surface area contributed by atoms with E-state index >= 15 is 0 Å². The number of rotatable bonds is 7. The first kappa shape index (κ1) is 15.0. The Kier molecular flexibility index (Phi) is 5.25. The van der Waals surface area contributed by atoms with Crippen molar-refractivity contribution in [2.45, 2.75) is 20.3 Å². The molecule has 0 aliphatic rings. The normalized spacial score (nSPS) is 10.2. The summed E-state index contributed by atoms with van der Waals surface area (Å²) in [4.78, 5) is 17.0. The monoisotopic (exact) mass is 289 g/mol. The van der Waals surface area contributed by atoms with Gasteiger partial charge in [-0.15, -0.1) is 0 Å². The summed E-state index contributed by atoms with van der Waals surface area (Å²) in [5.41, 5.74) is 0.796. The summed E-state index contributed by atoms with van der Waals surface area (Å²) in [5.74, 6) is 1.53. The van der Waals surface area contributed by atoms with Crippen molar-refractivity contribution in [3.63, 3.8) is 0 Å². The molecule has 0 aliphatic carbocycles. The molecule has 7 heteroatoms. The molecule has 2 aromatic heterocycles. The van der Waals surface area contributed by atoms with Gasteiger partial charge in [0.1, 0.15) is 0 Å². The largest absolute Gasteiger partial charge is 0.481 e. The van der Waals surface area contributed by atoms with Gasteiger partial charge in [0.25, 0.3) is 0 Å². The van der Waals surface area contributed by atoms with Crippen LogP contribution in [-0.4, -0.2) is 40.2 Å². The van der Waals surface area contributed by atoms with Crippen molar-refractivity contribution in [3.8, 4) is 23.3 Å². The van der Waals surface area contributed by atoms with Crippen LogP contribution in [0.1, 0.15) is 20.3 Å². The molecule has 0 amide bonds. The highest BCUT2D eigenvalue weighted by Gasteiger charge is 2.10. The average Bonchev–Trinajstić information content (AvgIpc) is 2.53. The Balaban J connectivity index is 2.37. The summed E-state index contributed by atoms with van der Waals surface area (Å²) in [6.45, 7) is 5.25. The number of pyridine rings is 1. The van der Waals surface area contributed by atoms with Crippen LogP contribution in [0.25, 0.3) is 11.4 Å². The summed E-state index contributed by atoms with van der Waals surface area (Å²) in [7, 11) is 1.57. The fraction of sp³-hybridized carbons (Fsp3) is 0.429. The second kappa shape index (κ2) is 7.37. The van der Waals surface area contributed by atoms with Crippen LogP contribution in [0.5, 0.6) is 11.9 Å². The number of methoxy groups -OCH3 is 1. The number of nitrogens with zero attached hydrogens (tertiary/aromatic N) is 4. The van der Waals surface area contributed by atoms with E-state index in [9.17, 15) is 0 Å². The smallest absolute Gasteiger partial charge is 0.321 e. The molecule has 2 rings (SSSR count). The predicted octanol–water partition coefficient (Wildman–Crippen LogP) is 2.16. The van der Waals surface area contributed by atoms with Gasteiger partial charge in [0, 0.05) is 24.4 Å². The maximum atomic E-state index is 5.40. The third kappa shape index (κ3) is 4.01. The second-order valence-corrected chi connectivity index (χ2v) is 4.21. The zero-order valence-electron chi connectivity index (χ0n) is 12.5. The highest BCUT2D eigenvalue weighted by Crippen LogP contribution is 2.21. The molecule has 21 heavy (non-hydrogen) atoms. The quantitative estimate of drug-likeness (QED) is 0.836. The van der Waals surface area contributed by atoms with Crippen molar-refractivity contribution >= 4 is 5.95 Å². The predicted molar refractivity (Wildman–Crippen MR) is 79.6 cm³/mol. The van der Waals surface area contributed by atoms with Gasteiger partial charge in [0.2, 0.25) is 11.8 Å². The van der Waals surface area contributed by atoms with Crippen LogP contribution in [0.4, 0.5) is 5.95 Å². The highest BCUT2D eigenvalue weighted by atomic mass is 16.5. The Morgan fingerprint density at radius 2 is 2.05 bits per heavy atom. The van der Waals surface area contributed by atoms with Crippen molar-refractivity contribution in [1.29, 1.82) is 0 Å². The van der Waals surface area contributed by atoms with E-state index < -0.39 is 0 Å². The van der Waals surface area contributed by atoms with Crippen LogP contribution < -0.4 is 14.8 Å². The third-order valence-corrected chi connectivity index (χ3v) is 2.62. The highest BCUT2D eigenvalue weighted by molar-refractivity contribution is 5.57. The van der Waals surface area contributed by atoms with Crippen LogP contribution in [-0.2, 0) is 0 Å². The SMILES string of the molecule is CCCNc1nc(OCC)nc(-c2ccnc(OC)c2)n1. The number of anilines is 1. The first-order valence-corrected chi connectivity index (χ1v) is 6.90. The minimum absolute atomic E-state index is 0.303. The van der Waals surface area contributed by atoms with Gasteiger partial charge in [0.15, 0.2) is 5.82 Å². The van der Waals surface area contributed by atoms with E-state index in [1.54, 1.807) is 19.4 Å². The number of hydrogen-bond acceptors (Lipinski definition) is 7. The van der Waals surface area contributed by atoms with Gasteiger partial charge < -0.3 is 14.8 Å². The molecule has 0 aromatic carbocycles. The average molecular weight is 289 g/mol. The number of aromatic nitrogens is 4. The van der Waals surface area contributed by atoms with Crippen molar-refractivity contribution in [2.75, 3.05) is 25.6 Å². The van der Waals surface area contributed by atoms with Crippen molar-refractivity contribution < 1.29 is 9.47 Å². The molecular weight excluding hydrogens is 270 g/mol. The van der Waals surface area contributed by atoms with Crippen LogP contribution in [0, 0.1) is 0 Å². The van der Waals surface area contributed by atoms with E-state index in [-0.39, 0.29) is 0 Å². The molecule has 0 saturated carbocycles. The lowest BCUT2D eigenvalue weighted by Crippen LogP contribution is -2.08. The molecule has 0 fully saturated rings. The Morgan fingerprint density at radius 3 is 2.76 bits per heavy atom. The van der Waals surface area contributed by atoms with Crippen molar-refractivity contribution in [2.24, 2.45) is 0 Å². The lowest BCUT2D eigenvalue weighted by atomic mass is 10.2.